The van der Waals surface area contributed by atoms with E-state index < -0.39 is 5.97 Å². The predicted molar refractivity (Wildman–Crippen MR) is 91.7 cm³/mol. The first-order valence-electron chi connectivity index (χ1n) is 7.52. The maximum Gasteiger partial charge on any atom is 0.343 e. The fourth-order valence-corrected chi connectivity index (χ4v) is 2.68. The molecular weight excluding hydrogens is 304 g/mol. The van der Waals surface area contributed by atoms with Gasteiger partial charge in [-0.1, -0.05) is 24.3 Å². The SMILES string of the molecule is COc1cccc(C(=O)Oc2ccc3oc4ccccc4c3c2)c1. The molecule has 4 aromatic rings. The number of hydrogen-bond acceptors (Lipinski definition) is 4. The lowest BCUT2D eigenvalue weighted by atomic mass is 10.1. The highest BCUT2D eigenvalue weighted by Gasteiger charge is 2.12. The minimum atomic E-state index is -0.430. The Kier molecular flexibility index (Phi) is 3.43. The zero-order valence-electron chi connectivity index (χ0n) is 13.0. The number of fused-ring (bicyclic) bond motifs is 3. The van der Waals surface area contributed by atoms with E-state index in [-0.39, 0.29) is 0 Å². The van der Waals surface area contributed by atoms with Gasteiger partial charge in [0.2, 0.25) is 0 Å². The molecule has 0 amide bonds. The molecule has 0 saturated heterocycles. The number of methoxy groups -OCH3 is 1. The Morgan fingerprint density at radius 2 is 1.67 bits per heavy atom. The van der Waals surface area contributed by atoms with Crippen molar-refractivity contribution < 1.29 is 18.7 Å². The lowest BCUT2D eigenvalue weighted by molar-refractivity contribution is 0.0734. The van der Waals surface area contributed by atoms with Crippen molar-refractivity contribution in [3.63, 3.8) is 0 Å². The second kappa shape index (κ2) is 5.74. The number of furan rings is 1. The van der Waals surface area contributed by atoms with Gasteiger partial charge in [0, 0.05) is 10.8 Å². The summed E-state index contributed by atoms with van der Waals surface area (Å²) in [4.78, 5) is 12.3. The van der Waals surface area contributed by atoms with Crippen LogP contribution < -0.4 is 9.47 Å². The summed E-state index contributed by atoms with van der Waals surface area (Å²) in [6.45, 7) is 0. The van der Waals surface area contributed by atoms with E-state index in [0.29, 0.717) is 17.1 Å². The summed E-state index contributed by atoms with van der Waals surface area (Å²) in [6, 6.07) is 20.0. The maximum atomic E-state index is 12.3. The third kappa shape index (κ3) is 2.48. The molecule has 0 aliphatic rings. The third-order valence-corrected chi connectivity index (χ3v) is 3.86. The van der Waals surface area contributed by atoms with Crippen LogP contribution in [0.5, 0.6) is 11.5 Å². The molecule has 4 rings (SSSR count). The number of esters is 1. The number of benzene rings is 3. The molecule has 0 radical (unpaired) electrons. The van der Waals surface area contributed by atoms with Gasteiger partial charge >= 0.3 is 5.97 Å². The van der Waals surface area contributed by atoms with E-state index in [1.165, 1.54) is 0 Å². The summed E-state index contributed by atoms with van der Waals surface area (Å²) < 4.78 is 16.4. The van der Waals surface area contributed by atoms with Crippen molar-refractivity contribution >= 4 is 27.9 Å². The van der Waals surface area contributed by atoms with Gasteiger partial charge in [-0.25, -0.2) is 4.79 Å². The van der Waals surface area contributed by atoms with Crippen LogP contribution in [0, 0.1) is 0 Å². The zero-order chi connectivity index (χ0) is 16.5. The highest BCUT2D eigenvalue weighted by molar-refractivity contribution is 6.05. The molecule has 0 aliphatic heterocycles. The second-order valence-electron chi connectivity index (χ2n) is 5.38. The van der Waals surface area contributed by atoms with Crippen molar-refractivity contribution in [1.29, 1.82) is 0 Å². The molecule has 0 atom stereocenters. The number of ether oxygens (including phenoxy) is 2. The average Bonchev–Trinajstić information content (AvgIpc) is 3.00. The van der Waals surface area contributed by atoms with Crippen LogP contribution in [0.25, 0.3) is 21.9 Å². The summed E-state index contributed by atoms with van der Waals surface area (Å²) in [5.74, 6) is 0.656. The molecule has 24 heavy (non-hydrogen) atoms. The van der Waals surface area contributed by atoms with Crippen LogP contribution in [0.1, 0.15) is 10.4 Å². The van der Waals surface area contributed by atoms with Crippen molar-refractivity contribution in [1.82, 2.24) is 0 Å². The zero-order valence-corrected chi connectivity index (χ0v) is 13.0. The van der Waals surface area contributed by atoms with E-state index >= 15 is 0 Å². The molecule has 0 bridgehead atoms. The molecule has 3 aromatic carbocycles. The lowest BCUT2D eigenvalue weighted by Gasteiger charge is -2.06. The van der Waals surface area contributed by atoms with Crippen molar-refractivity contribution in [2.45, 2.75) is 0 Å². The van der Waals surface area contributed by atoms with Gasteiger partial charge in [0.15, 0.2) is 0 Å². The van der Waals surface area contributed by atoms with E-state index in [0.717, 1.165) is 21.9 Å². The molecule has 4 nitrogen and oxygen atoms in total. The summed E-state index contributed by atoms with van der Waals surface area (Å²) in [5.41, 5.74) is 2.01. The summed E-state index contributed by atoms with van der Waals surface area (Å²) in [6.07, 6.45) is 0. The van der Waals surface area contributed by atoms with Crippen LogP contribution in [0.2, 0.25) is 0 Å². The summed E-state index contributed by atoms with van der Waals surface area (Å²) in [5, 5.41) is 1.91. The first kappa shape index (κ1) is 14.3. The largest absolute Gasteiger partial charge is 0.497 e. The summed E-state index contributed by atoms with van der Waals surface area (Å²) >= 11 is 0. The monoisotopic (exact) mass is 318 g/mol. The molecule has 0 N–H and O–H groups in total. The number of rotatable bonds is 3. The Labute approximate surface area is 138 Å². The number of para-hydroxylation sites is 1. The normalized spacial score (nSPS) is 10.9. The minimum Gasteiger partial charge on any atom is -0.497 e. The minimum absolute atomic E-state index is 0.430. The molecule has 0 fully saturated rings. The van der Waals surface area contributed by atoms with E-state index in [1.807, 2.05) is 36.4 Å². The van der Waals surface area contributed by atoms with Gasteiger partial charge in [-0.3, -0.25) is 0 Å². The number of carbonyl (C=O) groups excluding carboxylic acids is 1. The van der Waals surface area contributed by atoms with E-state index in [1.54, 1.807) is 37.4 Å². The Bertz CT molecular complexity index is 1050. The van der Waals surface area contributed by atoms with Gasteiger partial charge in [0.25, 0.3) is 0 Å². The van der Waals surface area contributed by atoms with Gasteiger partial charge in [0.05, 0.1) is 12.7 Å². The molecule has 4 heteroatoms. The van der Waals surface area contributed by atoms with Crippen LogP contribution in [0.15, 0.2) is 71.1 Å². The fraction of sp³-hybridized carbons (Fsp3) is 0.0500. The first-order valence-corrected chi connectivity index (χ1v) is 7.52. The number of hydrogen-bond donors (Lipinski definition) is 0. The van der Waals surface area contributed by atoms with Crippen molar-refractivity contribution in [3.8, 4) is 11.5 Å². The molecule has 1 aromatic heterocycles. The first-order chi connectivity index (χ1) is 11.7. The molecule has 0 saturated carbocycles. The standard InChI is InChI=1S/C20H14O4/c1-22-14-6-4-5-13(11-14)20(21)23-15-9-10-19-17(12-15)16-7-2-3-8-18(16)24-19/h2-12H,1H3. The van der Waals surface area contributed by atoms with Gasteiger partial charge in [-0.05, 0) is 42.5 Å². The van der Waals surface area contributed by atoms with Crippen molar-refractivity contribution in [3.05, 3.63) is 72.3 Å². The summed E-state index contributed by atoms with van der Waals surface area (Å²) in [7, 11) is 1.56. The average molecular weight is 318 g/mol. The van der Waals surface area contributed by atoms with Gasteiger partial charge in [-0.15, -0.1) is 0 Å². The second-order valence-corrected chi connectivity index (χ2v) is 5.38. The van der Waals surface area contributed by atoms with Gasteiger partial charge < -0.3 is 13.9 Å². The third-order valence-electron chi connectivity index (χ3n) is 3.86. The maximum absolute atomic E-state index is 12.3. The van der Waals surface area contributed by atoms with Crippen molar-refractivity contribution in [2.24, 2.45) is 0 Å². The molecule has 1 heterocycles. The Balaban J connectivity index is 1.68. The van der Waals surface area contributed by atoms with E-state index in [2.05, 4.69) is 0 Å². The lowest BCUT2D eigenvalue weighted by Crippen LogP contribution is -2.08. The number of carbonyl (C=O) groups is 1. The predicted octanol–water partition coefficient (Wildman–Crippen LogP) is 4.81. The molecule has 118 valence electrons. The van der Waals surface area contributed by atoms with Crippen molar-refractivity contribution in [2.75, 3.05) is 7.11 Å². The van der Waals surface area contributed by atoms with Crippen LogP contribution in [-0.2, 0) is 0 Å². The quantitative estimate of drug-likeness (QED) is 0.401. The molecule has 0 unspecified atom stereocenters. The van der Waals surface area contributed by atoms with Crippen LogP contribution >= 0.6 is 0 Å². The highest BCUT2D eigenvalue weighted by Crippen LogP contribution is 2.31. The van der Waals surface area contributed by atoms with Crippen LogP contribution in [0.3, 0.4) is 0 Å². The van der Waals surface area contributed by atoms with Crippen LogP contribution in [0.4, 0.5) is 0 Å². The van der Waals surface area contributed by atoms with Gasteiger partial charge in [0.1, 0.15) is 22.7 Å². The molecular formula is C20H14O4. The Morgan fingerprint density at radius 3 is 2.54 bits per heavy atom. The van der Waals surface area contributed by atoms with E-state index in [4.69, 9.17) is 13.9 Å². The Morgan fingerprint density at radius 1 is 0.833 bits per heavy atom. The Hall–Kier alpha value is -3.27. The highest BCUT2D eigenvalue weighted by atomic mass is 16.5. The van der Waals surface area contributed by atoms with Gasteiger partial charge in [-0.2, -0.15) is 0 Å². The molecule has 0 aliphatic carbocycles. The topological polar surface area (TPSA) is 48.7 Å². The van der Waals surface area contributed by atoms with Crippen LogP contribution in [-0.4, -0.2) is 13.1 Å². The smallest absolute Gasteiger partial charge is 0.343 e. The fourth-order valence-electron chi connectivity index (χ4n) is 2.68. The van der Waals surface area contributed by atoms with E-state index in [9.17, 15) is 4.79 Å². The molecule has 0 spiro atoms.